The summed E-state index contributed by atoms with van der Waals surface area (Å²) in [5.74, 6) is -0.340. The fraction of sp³-hybridized carbons (Fsp3) is 0.308. The van der Waals surface area contributed by atoms with E-state index in [-0.39, 0.29) is 5.97 Å². The largest absolute Gasteiger partial charge is 0.464 e. The Bertz CT molecular complexity index is 564. The number of aromatic nitrogens is 1. The molecule has 0 amide bonds. The molecule has 1 aromatic carbocycles. The zero-order valence-electron chi connectivity index (χ0n) is 10.6. The lowest BCUT2D eigenvalue weighted by atomic mass is 10.2. The molecule has 0 atom stereocenters. The van der Waals surface area contributed by atoms with E-state index in [1.54, 1.807) is 0 Å². The van der Waals surface area contributed by atoms with Crippen molar-refractivity contribution in [3.63, 3.8) is 0 Å². The van der Waals surface area contributed by atoms with Gasteiger partial charge in [0.15, 0.2) is 0 Å². The molecule has 0 aliphatic carbocycles. The second-order valence-corrected chi connectivity index (χ2v) is 4.96. The van der Waals surface area contributed by atoms with Crippen LogP contribution in [0.2, 0.25) is 0 Å². The summed E-state index contributed by atoms with van der Waals surface area (Å²) in [4.78, 5) is 14.5. The molecular formula is C13H17N2O2+. The van der Waals surface area contributed by atoms with Crippen LogP contribution in [0.3, 0.4) is 0 Å². The first-order valence-corrected chi connectivity index (χ1v) is 5.45. The second-order valence-electron chi connectivity index (χ2n) is 4.96. The van der Waals surface area contributed by atoms with E-state index >= 15 is 0 Å². The van der Waals surface area contributed by atoms with Crippen LogP contribution in [0, 0.1) is 0 Å². The molecule has 0 aliphatic rings. The average molecular weight is 233 g/mol. The third-order valence-corrected chi connectivity index (χ3v) is 2.78. The number of esters is 1. The lowest BCUT2D eigenvalue weighted by Gasteiger charge is -2.23. The Morgan fingerprint density at radius 1 is 1.24 bits per heavy atom. The van der Waals surface area contributed by atoms with Gasteiger partial charge in [0, 0.05) is 23.0 Å². The van der Waals surface area contributed by atoms with E-state index < -0.39 is 0 Å². The highest BCUT2D eigenvalue weighted by atomic mass is 16.5. The Balaban J connectivity index is 2.52. The molecule has 2 rings (SSSR count). The van der Waals surface area contributed by atoms with Crippen LogP contribution >= 0.6 is 0 Å². The van der Waals surface area contributed by atoms with Crippen LogP contribution in [0.25, 0.3) is 10.9 Å². The quantitative estimate of drug-likeness (QED) is 0.638. The summed E-state index contributed by atoms with van der Waals surface area (Å²) in [7, 11) is 7.70. The molecule has 0 saturated carbocycles. The van der Waals surface area contributed by atoms with Gasteiger partial charge in [-0.1, -0.05) is 0 Å². The number of carbonyl (C=O) groups is 1. The van der Waals surface area contributed by atoms with Crippen LogP contribution in [0.1, 0.15) is 10.5 Å². The number of aromatic amines is 1. The summed E-state index contributed by atoms with van der Waals surface area (Å²) in [6, 6.07) is 7.94. The predicted molar refractivity (Wildman–Crippen MR) is 69.2 cm³/mol. The number of fused-ring (bicyclic) bond motifs is 1. The number of benzene rings is 1. The van der Waals surface area contributed by atoms with Gasteiger partial charge >= 0.3 is 5.97 Å². The fourth-order valence-corrected chi connectivity index (χ4v) is 1.76. The van der Waals surface area contributed by atoms with Gasteiger partial charge in [-0.25, -0.2) is 4.79 Å². The van der Waals surface area contributed by atoms with Crippen LogP contribution in [0.5, 0.6) is 0 Å². The van der Waals surface area contributed by atoms with Crippen molar-refractivity contribution < 1.29 is 9.53 Å². The minimum absolute atomic E-state index is 0.340. The number of quaternary nitrogens is 1. The van der Waals surface area contributed by atoms with E-state index in [1.807, 2.05) is 12.1 Å². The third-order valence-electron chi connectivity index (χ3n) is 2.78. The minimum atomic E-state index is -0.340. The molecule has 0 saturated heterocycles. The molecule has 0 bridgehead atoms. The van der Waals surface area contributed by atoms with E-state index in [4.69, 9.17) is 0 Å². The van der Waals surface area contributed by atoms with Gasteiger partial charge < -0.3 is 9.72 Å². The first-order chi connectivity index (χ1) is 7.91. The van der Waals surface area contributed by atoms with Crippen molar-refractivity contribution in [3.8, 4) is 0 Å². The van der Waals surface area contributed by atoms with Gasteiger partial charge in [-0.2, -0.15) is 0 Å². The van der Waals surface area contributed by atoms with Gasteiger partial charge in [0.05, 0.1) is 28.3 Å². The molecule has 0 fully saturated rings. The molecule has 0 radical (unpaired) electrons. The van der Waals surface area contributed by atoms with Crippen molar-refractivity contribution in [2.75, 3.05) is 28.3 Å². The number of methoxy groups -OCH3 is 1. The molecule has 4 heteroatoms. The number of nitrogens with one attached hydrogen (secondary N) is 1. The van der Waals surface area contributed by atoms with Gasteiger partial charge in [0.25, 0.3) is 0 Å². The van der Waals surface area contributed by atoms with Crippen LogP contribution in [0.4, 0.5) is 5.69 Å². The Kier molecular flexibility index (Phi) is 2.67. The van der Waals surface area contributed by atoms with E-state index in [2.05, 4.69) is 43.0 Å². The highest BCUT2D eigenvalue weighted by Crippen LogP contribution is 2.24. The van der Waals surface area contributed by atoms with Crippen molar-refractivity contribution >= 4 is 22.6 Å². The van der Waals surface area contributed by atoms with Crippen molar-refractivity contribution in [1.82, 2.24) is 9.47 Å². The molecule has 1 heterocycles. The minimum Gasteiger partial charge on any atom is -0.464 e. The molecule has 0 aliphatic heterocycles. The first kappa shape index (κ1) is 11.7. The van der Waals surface area contributed by atoms with Gasteiger partial charge in [-0.05, 0) is 12.1 Å². The van der Waals surface area contributed by atoms with E-state index in [9.17, 15) is 4.79 Å². The van der Waals surface area contributed by atoms with Crippen LogP contribution in [0.15, 0.2) is 24.3 Å². The fourth-order valence-electron chi connectivity index (χ4n) is 1.76. The topological polar surface area (TPSA) is 42.1 Å². The monoisotopic (exact) mass is 233 g/mol. The van der Waals surface area contributed by atoms with Gasteiger partial charge in [0.1, 0.15) is 11.4 Å². The standard InChI is InChI=1S/C13H16N2O2/c1-15(2,3)10-5-6-11-9(7-10)8-12(14-11)13(16)17-4/h5-8H,1-4H3/p+1. The number of carbonyl (C=O) groups excluding carboxylic acids is 1. The third kappa shape index (κ3) is 2.17. The number of H-pyrrole nitrogens is 1. The highest BCUT2D eigenvalue weighted by molar-refractivity contribution is 5.95. The summed E-state index contributed by atoms with van der Waals surface area (Å²) >= 11 is 0. The maximum absolute atomic E-state index is 11.4. The summed E-state index contributed by atoms with van der Waals surface area (Å²) < 4.78 is 5.43. The highest BCUT2D eigenvalue weighted by Gasteiger charge is 2.15. The average Bonchev–Trinajstić information content (AvgIpc) is 2.69. The summed E-state index contributed by atoms with van der Waals surface area (Å²) in [6.45, 7) is 0. The maximum atomic E-state index is 11.4. The van der Waals surface area contributed by atoms with E-state index in [0.29, 0.717) is 5.69 Å². The molecule has 2 aromatic rings. The molecule has 0 spiro atoms. The Morgan fingerprint density at radius 2 is 1.94 bits per heavy atom. The zero-order chi connectivity index (χ0) is 12.6. The number of nitrogens with zero attached hydrogens (tertiary/aromatic N) is 1. The van der Waals surface area contributed by atoms with E-state index in [1.165, 1.54) is 12.8 Å². The Labute approximate surface area is 100 Å². The molecule has 1 aromatic heterocycles. The predicted octanol–water partition coefficient (Wildman–Crippen LogP) is 2.15. The Morgan fingerprint density at radius 3 is 2.53 bits per heavy atom. The van der Waals surface area contributed by atoms with Crippen molar-refractivity contribution in [2.45, 2.75) is 0 Å². The lowest BCUT2D eigenvalue weighted by molar-refractivity contribution is 0.0595. The van der Waals surface area contributed by atoms with Gasteiger partial charge in [0.2, 0.25) is 0 Å². The molecule has 0 unspecified atom stereocenters. The lowest BCUT2D eigenvalue weighted by Crippen LogP contribution is -2.34. The molecule has 17 heavy (non-hydrogen) atoms. The van der Waals surface area contributed by atoms with Crippen molar-refractivity contribution in [1.29, 1.82) is 0 Å². The Hall–Kier alpha value is -1.81. The molecule has 1 N–H and O–H groups in total. The molecular weight excluding hydrogens is 216 g/mol. The van der Waals surface area contributed by atoms with Crippen LogP contribution in [-0.4, -0.2) is 39.2 Å². The molecule has 90 valence electrons. The normalized spacial score (nSPS) is 11.8. The summed E-state index contributed by atoms with van der Waals surface area (Å²) in [5, 5.41) is 1.02. The van der Waals surface area contributed by atoms with Gasteiger partial charge in [-0.3, -0.25) is 4.48 Å². The van der Waals surface area contributed by atoms with Crippen LogP contribution < -0.4 is 4.48 Å². The molecule has 4 nitrogen and oxygen atoms in total. The van der Waals surface area contributed by atoms with Gasteiger partial charge in [-0.15, -0.1) is 0 Å². The zero-order valence-corrected chi connectivity index (χ0v) is 10.6. The smallest absolute Gasteiger partial charge is 0.354 e. The second kappa shape index (κ2) is 3.89. The van der Waals surface area contributed by atoms with Crippen molar-refractivity contribution in [3.05, 3.63) is 30.0 Å². The summed E-state index contributed by atoms with van der Waals surface area (Å²) in [5.41, 5.74) is 2.62. The number of hydrogen-bond acceptors (Lipinski definition) is 2. The number of ether oxygens (including phenoxy) is 1. The first-order valence-electron chi connectivity index (χ1n) is 5.45. The maximum Gasteiger partial charge on any atom is 0.354 e. The van der Waals surface area contributed by atoms with Crippen molar-refractivity contribution in [2.24, 2.45) is 0 Å². The summed E-state index contributed by atoms with van der Waals surface area (Å²) in [6.07, 6.45) is 0. The van der Waals surface area contributed by atoms with Crippen LogP contribution in [-0.2, 0) is 4.74 Å². The number of rotatable bonds is 2. The van der Waals surface area contributed by atoms with E-state index in [0.717, 1.165) is 15.4 Å². The SMILES string of the molecule is COC(=O)c1cc2cc([N+](C)(C)C)ccc2[nH]1. The number of hydrogen-bond donors (Lipinski definition) is 1.